The molecule has 4 aromatic rings. The minimum absolute atomic E-state index is 0.0559. The predicted octanol–water partition coefficient (Wildman–Crippen LogP) is 5.04. The van der Waals surface area contributed by atoms with Crippen LogP contribution in [0.15, 0.2) is 75.9 Å². The summed E-state index contributed by atoms with van der Waals surface area (Å²) in [5.74, 6) is 0.0893. The van der Waals surface area contributed by atoms with Gasteiger partial charge in [-0.05, 0) is 60.9 Å². The highest BCUT2D eigenvalue weighted by Crippen LogP contribution is 2.38. The Morgan fingerprint density at radius 3 is 2.42 bits per heavy atom. The number of aryl methyl sites for hydroxylation is 1. The second-order valence-electron chi connectivity index (χ2n) is 8.22. The van der Waals surface area contributed by atoms with Gasteiger partial charge in [-0.1, -0.05) is 35.9 Å². The molecule has 6 heteroatoms. The Kier molecular flexibility index (Phi) is 5.21. The van der Waals surface area contributed by atoms with Gasteiger partial charge in [-0.2, -0.15) is 0 Å². The van der Waals surface area contributed by atoms with E-state index in [9.17, 15) is 14.0 Å². The van der Waals surface area contributed by atoms with Crippen LogP contribution in [0.2, 0.25) is 0 Å². The van der Waals surface area contributed by atoms with Crippen molar-refractivity contribution in [2.24, 2.45) is 0 Å². The van der Waals surface area contributed by atoms with Crippen LogP contribution in [0.5, 0.6) is 5.75 Å². The Hall–Kier alpha value is -3.93. The molecule has 0 saturated carbocycles. The van der Waals surface area contributed by atoms with Crippen LogP contribution in [-0.2, 0) is 6.42 Å². The monoisotopic (exact) mass is 443 g/mol. The van der Waals surface area contributed by atoms with Crippen molar-refractivity contribution >= 4 is 16.9 Å². The van der Waals surface area contributed by atoms with Gasteiger partial charge in [0.1, 0.15) is 17.1 Å². The van der Waals surface area contributed by atoms with Gasteiger partial charge in [0, 0.05) is 6.54 Å². The number of benzene rings is 3. The molecule has 0 radical (unpaired) electrons. The molecule has 5 nitrogen and oxygen atoms in total. The topological polar surface area (TPSA) is 59.8 Å². The summed E-state index contributed by atoms with van der Waals surface area (Å²) in [6.45, 7) is 2.27. The van der Waals surface area contributed by atoms with Crippen LogP contribution in [0.25, 0.3) is 11.0 Å². The van der Waals surface area contributed by atoms with E-state index in [1.165, 1.54) is 12.1 Å². The van der Waals surface area contributed by atoms with Gasteiger partial charge in [-0.25, -0.2) is 4.39 Å². The van der Waals surface area contributed by atoms with Crippen LogP contribution < -0.4 is 10.2 Å². The first-order valence-electron chi connectivity index (χ1n) is 10.7. The zero-order chi connectivity index (χ0) is 23.1. The second kappa shape index (κ2) is 8.20. The quantitative estimate of drug-likeness (QED) is 0.434. The molecule has 0 N–H and O–H groups in total. The molecule has 0 aliphatic carbocycles. The summed E-state index contributed by atoms with van der Waals surface area (Å²) < 4.78 is 24.8. The van der Waals surface area contributed by atoms with Crippen LogP contribution in [-0.4, -0.2) is 24.5 Å². The van der Waals surface area contributed by atoms with Gasteiger partial charge in [0.05, 0.1) is 24.1 Å². The molecular weight excluding hydrogens is 421 g/mol. The maximum Gasteiger partial charge on any atom is 0.290 e. The first-order valence-corrected chi connectivity index (χ1v) is 10.7. The summed E-state index contributed by atoms with van der Waals surface area (Å²) in [4.78, 5) is 28.6. The normalized spacial score (nSPS) is 15.2. The number of carbonyl (C=O) groups excluding carboxylic acids is 1. The van der Waals surface area contributed by atoms with Crippen molar-refractivity contribution in [3.05, 3.63) is 111 Å². The van der Waals surface area contributed by atoms with Crippen molar-refractivity contribution in [2.45, 2.75) is 19.4 Å². The predicted molar refractivity (Wildman–Crippen MR) is 123 cm³/mol. The van der Waals surface area contributed by atoms with Gasteiger partial charge in [0.25, 0.3) is 5.91 Å². The molecule has 5 rings (SSSR count). The largest absolute Gasteiger partial charge is 0.497 e. The van der Waals surface area contributed by atoms with Crippen molar-refractivity contribution in [2.75, 3.05) is 13.7 Å². The van der Waals surface area contributed by atoms with Crippen molar-refractivity contribution < 1.29 is 18.3 Å². The third kappa shape index (κ3) is 3.67. The zero-order valence-electron chi connectivity index (χ0n) is 18.3. The van der Waals surface area contributed by atoms with Crippen LogP contribution in [0, 0.1) is 12.7 Å². The highest BCUT2D eigenvalue weighted by atomic mass is 19.1. The highest BCUT2D eigenvalue weighted by Gasteiger charge is 2.42. The van der Waals surface area contributed by atoms with Crippen molar-refractivity contribution in [3.8, 4) is 5.75 Å². The number of methoxy groups -OCH3 is 1. The van der Waals surface area contributed by atoms with E-state index in [4.69, 9.17) is 9.15 Å². The summed E-state index contributed by atoms with van der Waals surface area (Å²) in [6.07, 6.45) is 0.578. The van der Waals surface area contributed by atoms with E-state index in [1.54, 1.807) is 36.3 Å². The summed E-state index contributed by atoms with van der Waals surface area (Å²) >= 11 is 0. The van der Waals surface area contributed by atoms with Gasteiger partial charge in [-0.15, -0.1) is 0 Å². The van der Waals surface area contributed by atoms with Crippen LogP contribution in [0.1, 0.15) is 38.9 Å². The van der Waals surface area contributed by atoms with Crippen LogP contribution in [0.3, 0.4) is 0 Å². The van der Waals surface area contributed by atoms with Gasteiger partial charge >= 0.3 is 0 Å². The third-order valence-electron chi connectivity index (χ3n) is 6.11. The molecule has 0 spiro atoms. The number of rotatable bonds is 5. The Bertz CT molecular complexity index is 1410. The maximum absolute atomic E-state index is 13.6. The third-order valence-corrected chi connectivity index (χ3v) is 6.11. The Balaban J connectivity index is 1.60. The number of hydrogen-bond donors (Lipinski definition) is 0. The average Bonchev–Trinajstić information content (AvgIpc) is 3.11. The Morgan fingerprint density at radius 1 is 1.00 bits per heavy atom. The van der Waals surface area contributed by atoms with Crippen LogP contribution >= 0.6 is 0 Å². The first kappa shape index (κ1) is 20.9. The first-order chi connectivity index (χ1) is 16.0. The standard InChI is InChI=1S/C27H22FNO4/c1-16-3-12-22-21(15-16)25(30)23-24(18-6-8-19(28)9-7-18)29(27(31)26(23)33-22)14-13-17-4-10-20(32-2)11-5-17/h3-12,15,24H,13-14H2,1-2H3/t24-/m1/s1. The smallest absolute Gasteiger partial charge is 0.290 e. The minimum Gasteiger partial charge on any atom is -0.497 e. The number of hydrogen-bond acceptors (Lipinski definition) is 4. The lowest BCUT2D eigenvalue weighted by atomic mass is 9.98. The Morgan fingerprint density at radius 2 is 1.73 bits per heavy atom. The molecule has 166 valence electrons. The fraction of sp³-hybridized carbons (Fsp3) is 0.185. The summed E-state index contributed by atoms with van der Waals surface area (Å²) in [7, 11) is 1.61. The fourth-order valence-corrected chi connectivity index (χ4v) is 4.40. The highest BCUT2D eigenvalue weighted by molar-refractivity contribution is 5.99. The lowest BCUT2D eigenvalue weighted by Crippen LogP contribution is -2.31. The van der Waals surface area contributed by atoms with Crippen molar-refractivity contribution in [1.82, 2.24) is 4.90 Å². The molecule has 0 unspecified atom stereocenters. The number of carbonyl (C=O) groups is 1. The molecular formula is C27H22FNO4. The number of amides is 1. The maximum atomic E-state index is 13.6. The Labute approximate surface area is 190 Å². The summed E-state index contributed by atoms with van der Waals surface area (Å²) in [5, 5.41) is 0.436. The minimum atomic E-state index is -0.646. The molecule has 1 atom stereocenters. The van der Waals surface area contributed by atoms with Gasteiger partial charge < -0.3 is 14.1 Å². The molecule has 1 amide bonds. The van der Waals surface area contributed by atoms with E-state index in [-0.39, 0.29) is 22.9 Å². The molecule has 1 aliphatic rings. The summed E-state index contributed by atoms with van der Waals surface area (Å²) in [5.41, 5.74) is 3.07. The zero-order valence-corrected chi connectivity index (χ0v) is 18.3. The van der Waals surface area contributed by atoms with Crippen molar-refractivity contribution in [1.29, 1.82) is 0 Å². The van der Waals surface area contributed by atoms with E-state index >= 15 is 0 Å². The molecule has 0 saturated heterocycles. The van der Waals surface area contributed by atoms with Crippen LogP contribution in [0.4, 0.5) is 4.39 Å². The van der Waals surface area contributed by atoms with Crippen molar-refractivity contribution in [3.63, 3.8) is 0 Å². The van der Waals surface area contributed by atoms with Gasteiger partial charge in [0.2, 0.25) is 5.76 Å². The molecule has 0 fully saturated rings. The lowest BCUT2D eigenvalue weighted by molar-refractivity contribution is 0.0730. The number of nitrogens with zero attached hydrogens (tertiary/aromatic N) is 1. The van der Waals surface area contributed by atoms with E-state index in [0.29, 0.717) is 35.1 Å². The number of ether oxygens (including phenoxy) is 1. The molecule has 1 aromatic heterocycles. The fourth-order valence-electron chi connectivity index (χ4n) is 4.40. The molecule has 0 bridgehead atoms. The number of halogens is 1. The lowest BCUT2D eigenvalue weighted by Gasteiger charge is -2.25. The summed E-state index contributed by atoms with van der Waals surface area (Å²) in [6, 6.07) is 18.2. The average molecular weight is 443 g/mol. The van der Waals surface area contributed by atoms with E-state index < -0.39 is 6.04 Å². The molecule has 33 heavy (non-hydrogen) atoms. The molecule has 1 aliphatic heterocycles. The van der Waals surface area contributed by atoms with E-state index in [1.807, 2.05) is 37.3 Å². The molecule has 2 heterocycles. The van der Waals surface area contributed by atoms with E-state index in [0.717, 1.165) is 16.9 Å². The number of fused-ring (bicyclic) bond motifs is 2. The molecule has 3 aromatic carbocycles. The van der Waals surface area contributed by atoms with Gasteiger partial charge in [0.15, 0.2) is 5.43 Å². The van der Waals surface area contributed by atoms with Gasteiger partial charge in [-0.3, -0.25) is 9.59 Å². The SMILES string of the molecule is COc1ccc(CCN2C(=O)c3oc4ccc(C)cc4c(=O)c3[C@H]2c2ccc(F)cc2)cc1. The van der Waals surface area contributed by atoms with E-state index in [2.05, 4.69) is 0 Å². The second-order valence-corrected chi connectivity index (χ2v) is 8.22.